The lowest BCUT2D eigenvalue weighted by Crippen LogP contribution is -2.44. The van der Waals surface area contributed by atoms with Gasteiger partial charge in [-0.25, -0.2) is 0 Å². The Balaban J connectivity index is 1.34. The molecule has 4 aliphatic rings. The van der Waals surface area contributed by atoms with Crippen molar-refractivity contribution in [1.29, 1.82) is 0 Å². The Labute approximate surface area is 175 Å². The summed E-state index contributed by atoms with van der Waals surface area (Å²) in [5, 5.41) is 0. The topological polar surface area (TPSA) is 32.8 Å². The number of amides is 1. The van der Waals surface area contributed by atoms with E-state index in [1.165, 1.54) is 56.3 Å². The number of ether oxygens (including phenoxy) is 1. The van der Waals surface area contributed by atoms with E-state index in [1.807, 2.05) is 0 Å². The highest BCUT2D eigenvalue weighted by atomic mass is 16.5. The van der Waals surface area contributed by atoms with Gasteiger partial charge in [-0.05, 0) is 62.1 Å². The summed E-state index contributed by atoms with van der Waals surface area (Å²) in [4.78, 5) is 18.3. The molecule has 0 N–H and O–H groups in total. The zero-order valence-electron chi connectivity index (χ0n) is 17.8. The van der Waals surface area contributed by atoms with Crippen LogP contribution in [0.3, 0.4) is 0 Å². The predicted octanol–water partition coefficient (Wildman–Crippen LogP) is 3.88. The van der Waals surface area contributed by atoms with Crippen LogP contribution >= 0.6 is 0 Å². The van der Waals surface area contributed by atoms with E-state index >= 15 is 0 Å². The highest BCUT2D eigenvalue weighted by molar-refractivity contribution is 5.79. The average Bonchev–Trinajstić information content (AvgIpc) is 3.36. The molecule has 0 radical (unpaired) electrons. The third-order valence-electron chi connectivity index (χ3n) is 7.96. The van der Waals surface area contributed by atoms with Crippen LogP contribution < -0.4 is 0 Å². The first-order valence-electron chi connectivity index (χ1n) is 11.9. The summed E-state index contributed by atoms with van der Waals surface area (Å²) in [7, 11) is 0. The van der Waals surface area contributed by atoms with Crippen LogP contribution in [0.2, 0.25) is 0 Å². The van der Waals surface area contributed by atoms with Gasteiger partial charge in [0.05, 0.1) is 0 Å². The fourth-order valence-corrected chi connectivity index (χ4v) is 6.35. The van der Waals surface area contributed by atoms with Crippen molar-refractivity contribution in [2.75, 3.05) is 39.4 Å². The second-order valence-electron chi connectivity index (χ2n) is 10.2. The molecule has 1 saturated carbocycles. The Morgan fingerprint density at radius 1 is 1.03 bits per heavy atom. The van der Waals surface area contributed by atoms with Gasteiger partial charge < -0.3 is 14.5 Å². The van der Waals surface area contributed by atoms with Crippen LogP contribution in [0.15, 0.2) is 24.3 Å². The monoisotopic (exact) mass is 396 g/mol. The zero-order valence-corrected chi connectivity index (χ0v) is 17.8. The molecule has 2 saturated heterocycles. The maximum atomic E-state index is 13.4. The molecule has 1 aliphatic carbocycles. The number of fused-ring (bicyclic) bond motifs is 1. The molecule has 1 aromatic carbocycles. The maximum absolute atomic E-state index is 13.4. The van der Waals surface area contributed by atoms with Gasteiger partial charge in [-0.3, -0.25) is 4.79 Å². The molecule has 1 atom stereocenters. The van der Waals surface area contributed by atoms with E-state index in [0.29, 0.717) is 5.91 Å². The smallest absolute Gasteiger partial charge is 0.225 e. The third kappa shape index (κ3) is 4.25. The predicted molar refractivity (Wildman–Crippen MR) is 115 cm³/mol. The van der Waals surface area contributed by atoms with Gasteiger partial charge in [-0.15, -0.1) is 0 Å². The Morgan fingerprint density at radius 3 is 2.59 bits per heavy atom. The maximum Gasteiger partial charge on any atom is 0.225 e. The summed E-state index contributed by atoms with van der Waals surface area (Å²) < 4.78 is 5.56. The molecular weight excluding hydrogens is 360 g/mol. The Bertz CT molecular complexity index is 723. The van der Waals surface area contributed by atoms with Crippen LogP contribution in [0.1, 0.15) is 56.1 Å². The van der Waals surface area contributed by atoms with Crippen molar-refractivity contribution in [2.45, 2.75) is 57.9 Å². The minimum atomic E-state index is 0.228. The first kappa shape index (κ1) is 19.6. The minimum absolute atomic E-state index is 0.228. The van der Waals surface area contributed by atoms with Crippen molar-refractivity contribution < 1.29 is 9.53 Å². The molecular formula is C25H36N2O2. The molecule has 1 unspecified atom stereocenters. The number of rotatable bonds is 3. The third-order valence-corrected chi connectivity index (χ3v) is 7.96. The van der Waals surface area contributed by atoms with Crippen molar-refractivity contribution in [3.05, 3.63) is 35.4 Å². The fourth-order valence-electron chi connectivity index (χ4n) is 6.35. The Hall–Kier alpha value is -1.39. The zero-order chi connectivity index (χ0) is 19.7. The molecule has 5 rings (SSSR count). The van der Waals surface area contributed by atoms with E-state index in [9.17, 15) is 4.79 Å². The van der Waals surface area contributed by atoms with Gasteiger partial charge in [0.25, 0.3) is 0 Å². The SMILES string of the molecule is O=C(C1CCCC1)N1Cc2ccccc2CC2(CCN(CC3CCOCC3)C2)C1. The molecule has 1 amide bonds. The van der Waals surface area contributed by atoms with Gasteiger partial charge in [0, 0.05) is 50.7 Å². The largest absolute Gasteiger partial charge is 0.381 e. The number of carbonyl (C=O) groups excluding carboxylic acids is 1. The van der Waals surface area contributed by atoms with Gasteiger partial charge in [0.15, 0.2) is 0 Å². The second kappa shape index (κ2) is 8.39. The van der Waals surface area contributed by atoms with Crippen LogP contribution in [-0.4, -0.2) is 55.1 Å². The number of likely N-dealkylation sites (tertiary alicyclic amines) is 1. The van der Waals surface area contributed by atoms with E-state index < -0.39 is 0 Å². The van der Waals surface area contributed by atoms with Gasteiger partial charge in [-0.2, -0.15) is 0 Å². The van der Waals surface area contributed by atoms with Crippen LogP contribution in [0, 0.1) is 17.3 Å². The molecule has 4 nitrogen and oxygen atoms in total. The van der Waals surface area contributed by atoms with Gasteiger partial charge in [-0.1, -0.05) is 37.1 Å². The van der Waals surface area contributed by atoms with E-state index in [-0.39, 0.29) is 11.3 Å². The van der Waals surface area contributed by atoms with Gasteiger partial charge in [0.2, 0.25) is 5.91 Å². The van der Waals surface area contributed by atoms with E-state index in [4.69, 9.17) is 4.74 Å². The average molecular weight is 397 g/mol. The van der Waals surface area contributed by atoms with Gasteiger partial charge >= 0.3 is 0 Å². The van der Waals surface area contributed by atoms with Crippen molar-refractivity contribution in [3.8, 4) is 0 Å². The number of hydrogen-bond donors (Lipinski definition) is 0. The molecule has 3 fully saturated rings. The summed E-state index contributed by atoms with van der Waals surface area (Å²) in [6, 6.07) is 8.87. The molecule has 1 aromatic rings. The molecule has 29 heavy (non-hydrogen) atoms. The Kier molecular flexibility index (Phi) is 5.66. The summed E-state index contributed by atoms with van der Waals surface area (Å²) in [6.45, 7) is 7.16. The highest BCUT2D eigenvalue weighted by Crippen LogP contribution is 2.40. The number of hydrogen-bond acceptors (Lipinski definition) is 3. The fraction of sp³-hybridized carbons (Fsp3) is 0.720. The lowest BCUT2D eigenvalue weighted by Gasteiger charge is -2.35. The first-order valence-corrected chi connectivity index (χ1v) is 11.9. The highest BCUT2D eigenvalue weighted by Gasteiger charge is 2.43. The molecule has 4 heteroatoms. The molecule has 158 valence electrons. The van der Waals surface area contributed by atoms with Crippen molar-refractivity contribution >= 4 is 5.91 Å². The molecule has 3 heterocycles. The lowest BCUT2D eigenvalue weighted by atomic mass is 9.80. The van der Waals surface area contributed by atoms with Crippen LogP contribution in [0.25, 0.3) is 0 Å². The van der Waals surface area contributed by atoms with Crippen LogP contribution in [0.5, 0.6) is 0 Å². The second-order valence-corrected chi connectivity index (χ2v) is 10.2. The van der Waals surface area contributed by atoms with Gasteiger partial charge in [0.1, 0.15) is 0 Å². The number of benzene rings is 1. The van der Waals surface area contributed by atoms with Crippen molar-refractivity contribution in [2.24, 2.45) is 17.3 Å². The van der Waals surface area contributed by atoms with Crippen molar-refractivity contribution in [1.82, 2.24) is 9.80 Å². The summed E-state index contributed by atoms with van der Waals surface area (Å²) in [5.41, 5.74) is 3.08. The quantitative estimate of drug-likeness (QED) is 0.777. The van der Waals surface area contributed by atoms with E-state index in [0.717, 1.165) is 58.0 Å². The minimum Gasteiger partial charge on any atom is -0.381 e. The standard InChI is InChI=1S/C25H36N2O2/c28-24(21-5-1-2-6-21)27-17-23-8-4-3-7-22(23)15-25(19-27)11-12-26(18-25)16-20-9-13-29-14-10-20/h3-4,7-8,20-21H,1-2,5-6,9-19H2. The number of carbonyl (C=O) groups is 1. The molecule has 1 spiro atoms. The van der Waals surface area contributed by atoms with Crippen LogP contribution in [-0.2, 0) is 22.5 Å². The normalized spacial score (nSPS) is 29.3. The van der Waals surface area contributed by atoms with Crippen molar-refractivity contribution in [3.63, 3.8) is 0 Å². The molecule has 0 bridgehead atoms. The first-order chi connectivity index (χ1) is 14.2. The number of nitrogens with zero attached hydrogens (tertiary/aromatic N) is 2. The summed E-state index contributed by atoms with van der Waals surface area (Å²) in [5.74, 6) is 1.49. The lowest BCUT2D eigenvalue weighted by molar-refractivity contribution is -0.137. The van der Waals surface area contributed by atoms with E-state index in [1.54, 1.807) is 0 Å². The molecule has 0 aromatic heterocycles. The Morgan fingerprint density at radius 2 is 1.79 bits per heavy atom. The summed E-state index contributed by atoms with van der Waals surface area (Å²) in [6.07, 6.45) is 9.41. The summed E-state index contributed by atoms with van der Waals surface area (Å²) >= 11 is 0. The molecule has 3 aliphatic heterocycles. The van der Waals surface area contributed by atoms with Crippen LogP contribution in [0.4, 0.5) is 0 Å². The van der Waals surface area contributed by atoms with E-state index in [2.05, 4.69) is 34.1 Å².